The van der Waals surface area contributed by atoms with E-state index in [1.807, 2.05) is 18.2 Å². The van der Waals surface area contributed by atoms with Crippen molar-refractivity contribution in [1.29, 1.82) is 0 Å². The lowest BCUT2D eigenvalue weighted by Gasteiger charge is -2.12. The second-order valence-electron chi connectivity index (χ2n) is 5.05. The quantitative estimate of drug-likeness (QED) is 0.408. The first kappa shape index (κ1) is 14.8. The highest BCUT2D eigenvalue weighted by atomic mass is 16.6. The lowest BCUT2D eigenvalue weighted by molar-refractivity contribution is -0.385. The SMILES string of the molecule is C[C@H](OC(=O)c1cc2ccccc2o1)c1cccc([N+](=O)[O-])c1. The second kappa shape index (κ2) is 5.92. The normalized spacial score (nSPS) is 12.0. The average Bonchev–Trinajstić information content (AvgIpc) is 2.99. The van der Waals surface area contributed by atoms with Crippen LogP contribution in [0.2, 0.25) is 0 Å². The van der Waals surface area contributed by atoms with E-state index < -0.39 is 17.0 Å². The number of ether oxygens (including phenoxy) is 1. The number of nitrogens with zero attached hydrogens (tertiary/aromatic N) is 1. The molecule has 23 heavy (non-hydrogen) atoms. The predicted molar refractivity (Wildman–Crippen MR) is 83.1 cm³/mol. The maximum absolute atomic E-state index is 12.2. The Morgan fingerprint density at radius 1 is 1.17 bits per heavy atom. The van der Waals surface area contributed by atoms with Crippen molar-refractivity contribution >= 4 is 22.6 Å². The van der Waals surface area contributed by atoms with Crippen LogP contribution in [0.5, 0.6) is 0 Å². The molecule has 116 valence electrons. The second-order valence-corrected chi connectivity index (χ2v) is 5.05. The molecule has 6 nitrogen and oxygen atoms in total. The van der Waals surface area contributed by atoms with Crippen molar-refractivity contribution in [2.75, 3.05) is 0 Å². The van der Waals surface area contributed by atoms with Gasteiger partial charge in [-0.15, -0.1) is 0 Å². The van der Waals surface area contributed by atoms with E-state index >= 15 is 0 Å². The average molecular weight is 311 g/mol. The van der Waals surface area contributed by atoms with Crippen molar-refractivity contribution in [3.63, 3.8) is 0 Å². The number of benzene rings is 2. The molecule has 0 aliphatic rings. The molecule has 0 aliphatic carbocycles. The maximum atomic E-state index is 12.2. The van der Waals surface area contributed by atoms with Gasteiger partial charge in [-0.2, -0.15) is 0 Å². The summed E-state index contributed by atoms with van der Waals surface area (Å²) in [5.74, 6) is -0.510. The summed E-state index contributed by atoms with van der Waals surface area (Å²) in [6.07, 6.45) is -0.629. The van der Waals surface area contributed by atoms with Gasteiger partial charge in [0.1, 0.15) is 11.7 Å². The van der Waals surface area contributed by atoms with E-state index in [4.69, 9.17) is 9.15 Å². The Balaban J connectivity index is 1.79. The summed E-state index contributed by atoms with van der Waals surface area (Å²) in [7, 11) is 0. The van der Waals surface area contributed by atoms with Crippen LogP contribution in [0, 0.1) is 10.1 Å². The molecule has 0 bridgehead atoms. The molecule has 1 atom stereocenters. The number of esters is 1. The number of hydrogen-bond acceptors (Lipinski definition) is 5. The van der Waals surface area contributed by atoms with E-state index in [2.05, 4.69) is 0 Å². The van der Waals surface area contributed by atoms with E-state index in [-0.39, 0.29) is 11.4 Å². The van der Waals surface area contributed by atoms with Crippen molar-refractivity contribution in [3.8, 4) is 0 Å². The molecule has 0 aliphatic heterocycles. The summed E-state index contributed by atoms with van der Waals surface area (Å²) < 4.78 is 10.8. The van der Waals surface area contributed by atoms with Crippen LogP contribution in [0.15, 0.2) is 59.0 Å². The van der Waals surface area contributed by atoms with Crippen LogP contribution in [0.4, 0.5) is 5.69 Å². The van der Waals surface area contributed by atoms with Crippen molar-refractivity contribution < 1.29 is 18.9 Å². The van der Waals surface area contributed by atoms with Crippen molar-refractivity contribution in [3.05, 3.63) is 76.0 Å². The number of nitro groups is 1. The van der Waals surface area contributed by atoms with Gasteiger partial charge in [-0.1, -0.05) is 30.3 Å². The zero-order chi connectivity index (χ0) is 16.4. The largest absolute Gasteiger partial charge is 0.452 e. The molecule has 1 aromatic heterocycles. The molecule has 0 radical (unpaired) electrons. The van der Waals surface area contributed by atoms with Gasteiger partial charge in [-0.3, -0.25) is 10.1 Å². The van der Waals surface area contributed by atoms with Crippen LogP contribution < -0.4 is 0 Å². The molecule has 0 spiro atoms. The van der Waals surface area contributed by atoms with Crippen LogP contribution in [-0.4, -0.2) is 10.9 Å². The minimum atomic E-state index is -0.629. The van der Waals surface area contributed by atoms with Gasteiger partial charge in [0.2, 0.25) is 5.76 Å². The summed E-state index contributed by atoms with van der Waals surface area (Å²) in [6, 6.07) is 14.9. The molecule has 2 aromatic carbocycles. The van der Waals surface area contributed by atoms with Gasteiger partial charge in [-0.25, -0.2) is 4.79 Å². The molecule has 1 heterocycles. The fraction of sp³-hybridized carbons (Fsp3) is 0.118. The van der Waals surface area contributed by atoms with Gasteiger partial charge in [0, 0.05) is 17.5 Å². The topological polar surface area (TPSA) is 82.6 Å². The first-order valence-electron chi connectivity index (χ1n) is 6.98. The van der Waals surface area contributed by atoms with Crippen molar-refractivity contribution in [2.45, 2.75) is 13.0 Å². The molecule has 0 fully saturated rings. The van der Waals surface area contributed by atoms with E-state index in [1.54, 1.807) is 31.2 Å². The lowest BCUT2D eigenvalue weighted by Crippen LogP contribution is -2.08. The number of fused-ring (bicyclic) bond motifs is 1. The van der Waals surface area contributed by atoms with Crippen LogP contribution in [0.25, 0.3) is 11.0 Å². The fourth-order valence-corrected chi connectivity index (χ4v) is 2.26. The third kappa shape index (κ3) is 3.06. The Hall–Kier alpha value is -3.15. The number of nitro benzene ring substituents is 1. The molecular weight excluding hydrogens is 298 g/mol. The number of furan rings is 1. The summed E-state index contributed by atoms with van der Waals surface area (Å²) in [5, 5.41) is 11.6. The highest BCUT2D eigenvalue weighted by Crippen LogP contribution is 2.25. The van der Waals surface area contributed by atoms with Gasteiger partial charge in [0.25, 0.3) is 5.69 Å². The first-order chi connectivity index (χ1) is 11.0. The van der Waals surface area contributed by atoms with Gasteiger partial charge in [0.05, 0.1) is 4.92 Å². The van der Waals surface area contributed by atoms with E-state index in [9.17, 15) is 14.9 Å². The fourth-order valence-electron chi connectivity index (χ4n) is 2.26. The molecular formula is C17H13NO5. The van der Waals surface area contributed by atoms with Crippen LogP contribution in [0.3, 0.4) is 0 Å². The Morgan fingerprint density at radius 2 is 1.96 bits per heavy atom. The minimum Gasteiger partial charge on any atom is -0.452 e. The highest BCUT2D eigenvalue weighted by molar-refractivity contribution is 5.92. The van der Waals surface area contributed by atoms with Gasteiger partial charge in [-0.05, 0) is 24.6 Å². The number of carbonyl (C=O) groups excluding carboxylic acids is 1. The maximum Gasteiger partial charge on any atom is 0.374 e. The van der Waals surface area contributed by atoms with Gasteiger partial charge >= 0.3 is 5.97 Å². The highest BCUT2D eigenvalue weighted by Gasteiger charge is 2.19. The Kier molecular flexibility index (Phi) is 3.80. The number of non-ortho nitro benzene ring substituents is 1. The molecule has 3 rings (SSSR count). The van der Waals surface area contributed by atoms with Crippen molar-refractivity contribution in [2.24, 2.45) is 0 Å². The van der Waals surface area contributed by atoms with E-state index in [0.717, 1.165) is 5.39 Å². The van der Waals surface area contributed by atoms with Crippen LogP contribution in [-0.2, 0) is 4.74 Å². The molecule has 0 N–H and O–H groups in total. The first-order valence-corrected chi connectivity index (χ1v) is 6.98. The molecule has 3 aromatic rings. The minimum absolute atomic E-state index is 0.0471. The zero-order valence-corrected chi connectivity index (χ0v) is 12.3. The number of para-hydroxylation sites is 1. The predicted octanol–water partition coefficient (Wildman–Crippen LogP) is 4.26. The third-order valence-corrected chi connectivity index (χ3v) is 3.46. The summed E-state index contributed by atoms with van der Waals surface area (Å²) >= 11 is 0. The molecule has 0 saturated heterocycles. The van der Waals surface area contributed by atoms with Gasteiger partial charge in [0.15, 0.2) is 0 Å². The van der Waals surface area contributed by atoms with Crippen LogP contribution in [0.1, 0.15) is 29.1 Å². The smallest absolute Gasteiger partial charge is 0.374 e. The Bertz CT molecular complexity index is 850. The molecule has 0 unspecified atom stereocenters. The summed E-state index contributed by atoms with van der Waals surface area (Å²) in [5.41, 5.74) is 1.10. The third-order valence-electron chi connectivity index (χ3n) is 3.46. The Labute approximate surface area is 131 Å². The number of hydrogen-bond donors (Lipinski definition) is 0. The zero-order valence-electron chi connectivity index (χ0n) is 12.3. The van der Waals surface area contributed by atoms with Crippen molar-refractivity contribution in [1.82, 2.24) is 0 Å². The molecule has 6 heteroatoms. The number of carbonyl (C=O) groups is 1. The van der Waals surface area contributed by atoms with E-state index in [1.165, 1.54) is 12.1 Å². The summed E-state index contributed by atoms with van der Waals surface area (Å²) in [4.78, 5) is 22.5. The monoisotopic (exact) mass is 311 g/mol. The van der Waals surface area contributed by atoms with Crippen LogP contribution >= 0.6 is 0 Å². The standard InChI is InChI=1S/C17H13NO5/c1-11(12-6-4-7-14(9-12)18(20)21)22-17(19)16-10-13-5-2-3-8-15(13)23-16/h2-11H,1H3/t11-/m0/s1. The van der Waals surface area contributed by atoms with Gasteiger partial charge < -0.3 is 9.15 Å². The molecule has 0 amide bonds. The summed E-state index contributed by atoms with van der Waals surface area (Å²) in [6.45, 7) is 1.65. The van der Waals surface area contributed by atoms with E-state index in [0.29, 0.717) is 11.1 Å². The molecule has 0 saturated carbocycles. The number of rotatable bonds is 4. The lowest BCUT2D eigenvalue weighted by atomic mass is 10.1. The Morgan fingerprint density at radius 3 is 2.70 bits per heavy atom.